The van der Waals surface area contributed by atoms with Crippen LogP contribution in [0, 0.1) is 6.92 Å². The molecule has 0 aliphatic carbocycles. The Morgan fingerprint density at radius 3 is 3.06 bits per heavy atom. The second-order valence-corrected chi connectivity index (χ2v) is 6.53. The highest BCUT2D eigenvalue weighted by Gasteiger charge is 2.08. The lowest BCUT2D eigenvalue weighted by Crippen LogP contribution is -1.99. The second-order valence-electron chi connectivity index (χ2n) is 3.55. The van der Waals surface area contributed by atoms with Gasteiger partial charge in [0.1, 0.15) is 5.03 Å². The maximum Gasteiger partial charge on any atom is 0.309 e. The predicted molar refractivity (Wildman–Crippen MR) is 74.3 cm³/mol. The summed E-state index contributed by atoms with van der Waals surface area (Å²) in [6.45, 7) is 1.99. The van der Waals surface area contributed by atoms with Gasteiger partial charge in [-0.15, -0.1) is 11.3 Å². The molecule has 0 amide bonds. The zero-order valence-electron chi connectivity index (χ0n) is 9.38. The Bertz CT molecular complexity index is 586. The number of thiazole rings is 1. The SMILES string of the molecule is Cc1cc(Sc2nc(CC(=O)O)cs2)ncc1Br. The minimum absolute atomic E-state index is 0.0378. The van der Waals surface area contributed by atoms with Gasteiger partial charge in [-0.2, -0.15) is 0 Å². The molecule has 0 fully saturated rings. The highest BCUT2D eigenvalue weighted by atomic mass is 79.9. The number of carboxylic acids is 1. The van der Waals surface area contributed by atoms with Crippen LogP contribution >= 0.6 is 39.0 Å². The zero-order valence-corrected chi connectivity index (χ0v) is 12.6. The van der Waals surface area contributed by atoms with Crippen LogP contribution in [0.15, 0.2) is 31.5 Å². The van der Waals surface area contributed by atoms with Gasteiger partial charge in [0, 0.05) is 16.0 Å². The van der Waals surface area contributed by atoms with Crippen molar-refractivity contribution in [1.29, 1.82) is 0 Å². The first-order valence-electron chi connectivity index (χ1n) is 5.01. The van der Waals surface area contributed by atoms with Crippen LogP contribution in [0.5, 0.6) is 0 Å². The number of pyridine rings is 1. The van der Waals surface area contributed by atoms with Crippen molar-refractivity contribution in [3.63, 3.8) is 0 Å². The van der Waals surface area contributed by atoms with Crippen LogP contribution < -0.4 is 0 Å². The summed E-state index contributed by atoms with van der Waals surface area (Å²) in [4.78, 5) is 19.1. The van der Waals surface area contributed by atoms with Gasteiger partial charge in [0.15, 0.2) is 4.34 Å². The van der Waals surface area contributed by atoms with Gasteiger partial charge in [0.2, 0.25) is 0 Å². The van der Waals surface area contributed by atoms with Crippen molar-refractivity contribution >= 4 is 45.0 Å². The third-order valence-corrected chi connectivity index (χ3v) is 4.83. The lowest BCUT2D eigenvalue weighted by Gasteiger charge is -2.00. The topological polar surface area (TPSA) is 63.1 Å². The summed E-state index contributed by atoms with van der Waals surface area (Å²) in [5, 5.41) is 11.3. The second kappa shape index (κ2) is 5.81. The molecule has 0 spiro atoms. The van der Waals surface area contributed by atoms with Crippen LogP contribution in [-0.2, 0) is 11.2 Å². The summed E-state index contributed by atoms with van der Waals surface area (Å²) in [7, 11) is 0. The van der Waals surface area contributed by atoms with E-state index < -0.39 is 5.97 Å². The largest absolute Gasteiger partial charge is 0.481 e. The van der Waals surface area contributed by atoms with Crippen LogP contribution in [0.25, 0.3) is 0 Å². The number of halogens is 1. The maximum atomic E-state index is 10.6. The van der Waals surface area contributed by atoms with Gasteiger partial charge in [-0.05, 0) is 46.2 Å². The van der Waals surface area contributed by atoms with E-state index in [0.29, 0.717) is 5.69 Å². The summed E-state index contributed by atoms with van der Waals surface area (Å²) in [5.41, 5.74) is 1.69. The smallest absolute Gasteiger partial charge is 0.309 e. The van der Waals surface area contributed by atoms with E-state index in [4.69, 9.17) is 5.11 Å². The Morgan fingerprint density at radius 1 is 1.61 bits per heavy atom. The molecule has 2 heterocycles. The third-order valence-electron chi connectivity index (χ3n) is 2.08. The molecule has 0 unspecified atom stereocenters. The first-order chi connectivity index (χ1) is 8.54. The summed E-state index contributed by atoms with van der Waals surface area (Å²) < 4.78 is 1.78. The molecule has 0 radical (unpaired) electrons. The van der Waals surface area contributed by atoms with E-state index in [-0.39, 0.29) is 6.42 Å². The fourth-order valence-electron chi connectivity index (χ4n) is 1.23. The molecule has 0 saturated heterocycles. The highest BCUT2D eigenvalue weighted by molar-refractivity contribution is 9.10. The lowest BCUT2D eigenvalue weighted by molar-refractivity contribution is -0.136. The molecule has 4 nitrogen and oxygen atoms in total. The van der Waals surface area contributed by atoms with Crippen LogP contribution in [0.3, 0.4) is 0 Å². The van der Waals surface area contributed by atoms with Gasteiger partial charge in [0.05, 0.1) is 12.1 Å². The molecule has 2 aromatic rings. The molecule has 7 heteroatoms. The van der Waals surface area contributed by atoms with Crippen LogP contribution in [0.4, 0.5) is 0 Å². The van der Waals surface area contributed by atoms with E-state index in [9.17, 15) is 4.79 Å². The standard InChI is InChI=1S/C11H9BrN2O2S2/c1-6-2-9(13-4-8(6)12)18-11-14-7(5-17-11)3-10(15)16/h2,4-5H,3H2,1H3,(H,15,16). The molecule has 1 N–H and O–H groups in total. The fourth-order valence-corrected chi connectivity index (χ4v) is 3.27. The summed E-state index contributed by atoms with van der Waals surface area (Å²) in [6.07, 6.45) is 1.72. The lowest BCUT2D eigenvalue weighted by atomic mass is 10.3. The normalized spacial score (nSPS) is 10.6. The Hall–Kier alpha value is -0.920. The number of aliphatic carboxylic acids is 1. The summed E-state index contributed by atoms with van der Waals surface area (Å²) >= 11 is 6.27. The Labute approximate surface area is 121 Å². The first-order valence-corrected chi connectivity index (χ1v) is 7.49. The number of carbonyl (C=O) groups is 1. The summed E-state index contributed by atoms with van der Waals surface area (Å²) in [5.74, 6) is -0.866. The van der Waals surface area contributed by atoms with E-state index in [0.717, 1.165) is 19.4 Å². The average molecular weight is 345 g/mol. The minimum atomic E-state index is -0.866. The van der Waals surface area contributed by atoms with Crippen molar-refractivity contribution in [2.24, 2.45) is 0 Å². The molecule has 2 rings (SSSR count). The fraction of sp³-hybridized carbons (Fsp3) is 0.182. The molecule has 0 aliphatic heterocycles. The van der Waals surface area contributed by atoms with Crippen LogP contribution in [0.1, 0.15) is 11.3 Å². The molecule has 94 valence electrons. The summed E-state index contributed by atoms with van der Waals surface area (Å²) in [6, 6.07) is 1.97. The number of hydrogen-bond acceptors (Lipinski definition) is 5. The van der Waals surface area contributed by atoms with Crippen molar-refractivity contribution in [3.05, 3.63) is 33.4 Å². The van der Waals surface area contributed by atoms with Crippen LogP contribution in [-0.4, -0.2) is 21.0 Å². The van der Waals surface area contributed by atoms with Crippen molar-refractivity contribution in [2.75, 3.05) is 0 Å². The van der Waals surface area contributed by atoms with Crippen molar-refractivity contribution < 1.29 is 9.90 Å². The van der Waals surface area contributed by atoms with E-state index in [1.165, 1.54) is 23.1 Å². The molecular weight excluding hydrogens is 336 g/mol. The van der Waals surface area contributed by atoms with Crippen molar-refractivity contribution in [3.8, 4) is 0 Å². The number of nitrogens with zero attached hydrogens (tertiary/aromatic N) is 2. The number of carboxylic acid groups (broad SMARTS) is 1. The molecule has 0 atom stereocenters. The molecule has 18 heavy (non-hydrogen) atoms. The number of rotatable bonds is 4. The number of aromatic nitrogens is 2. The molecule has 0 bridgehead atoms. The van der Waals surface area contributed by atoms with Gasteiger partial charge in [-0.25, -0.2) is 9.97 Å². The van der Waals surface area contributed by atoms with E-state index in [1.807, 2.05) is 13.0 Å². The van der Waals surface area contributed by atoms with Crippen molar-refractivity contribution in [2.45, 2.75) is 22.7 Å². The Morgan fingerprint density at radius 2 is 2.39 bits per heavy atom. The molecular formula is C11H9BrN2O2S2. The predicted octanol–water partition coefficient (Wildman–Crippen LogP) is 3.39. The average Bonchev–Trinajstić information content (AvgIpc) is 2.70. The number of aryl methyl sites for hydroxylation is 1. The Balaban J connectivity index is 2.11. The Kier molecular flexibility index (Phi) is 4.36. The minimum Gasteiger partial charge on any atom is -0.481 e. The maximum absolute atomic E-state index is 10.6. The molecule has 0 aromatic carbocycles. The molecule has 0 saturated carbocycles. The van der Waals surface area contributed by atoms with Gasteiger partial charge in [0.25, 0.3) is 0 Å². The molecule has 2 aromatic heterocycles. The van der Waals surface area contributed by atoms with E-state index in [2.05, 4.69) is 25.9 Å². The monoisotopic (exact) mass is 344 g/mol. The first kappa shape index (κ1) is 13.5. The highest BCUT2D eigenvalue weighted by Crippen LogP contribution is 2.30. The van der Waals surface area contributed by atoms with Gasteiger partial charge < -0.3 is 5.11 Å². The van der Waals surface area contributed by atoms with Gasteiger partial charge >= 0.3 is 5.97 Å². The third kappa shape index (κ3) is 3.54. The molecule has 0 aliphatic rings. The quantitative estimate of drug-likeness (QED) is 0.920. The zero-order chi connectivity index (χ0) is 13.1. The number of hydrogen-bond donors (Lipinski definition) is 1. The van der Waals surface area contributed by atoms with E-state index in [1.54, 1.807) is 11.6 Å². The van der Waals surface area contributed by atoms with Crippen molar-refractivity contribution in [1.82, 2.24) is 9.97 Å². The van der Waals surface area contributed by atoms with Gasteiger partial charge in [-0.1, -0.05) is 0 Å². The van der Waals surface area contributed by atoms with Crippen LogP contribution in [0.2, 0.25) is 0 Å². The van der Waals surface area contributed by atoms with Gasteiger partial charge in [-0.3, -0.25) is 4.79 Å². The van der Waals surface area contributed by atoms with E-state index >= 15 is 0 Å².